The second-order valence-corrected chi connectivity index (χ2v) is 4.28. The lowest BCUT2D eigenvalue weighted by atomic mass is 9.85. The predicted molar refractivity (Wildman–Crippen MR) is 56.7 cm³/mol. The highest BCUT2D eigenvalue weighted by Gasteiger charge is 2.42. The fraction of sp³-hybridized carbons (Fsp3) is 0.636. The minimum Gasteiger partial charge on any atom is -0.478 e. The van der Waals surface area contributed by atoms with Crippen molar-refractivity contribution in [3.63, 3.8) is 0 Å². The highest BCUT2D eigenvalue weighted by molar-refractivity contribution is 5.93. The topological polar surface area (TPSA) is 66.4 Å². The fourth-order valence-electron chi connectivity index (χ4n) is 2.01. The van der Waals surface area contributed by atoms with Gasteiger partial charge >= 0.3 is 12.1 Å². The van der Waals surface area contributed by atoms with Gasteiger partial charge in [0.25, 0.3) is 0 Å². The van der Waals surface area contributed by atoms with Crippen molar-refractivity contribution in [3.8, 4) is 0 Å². The molecular formula is C11H14F3NO3. The zero-order valence-electron chi connectivity index (χ0n) is 9.54. The van der Waals surface area contributed by atoms with Gasteiger partial charge in [-0.15, -0.1) is 0 Å². The number of nitrogens with one attached hydrogen (secondary N) is 1. The molecule has 1 amide bonds. The molecule has 18 heavy (non-hydrogen) atoms. The largest absolute Gasteiger partial charge is 0.478 e. The molecule has 0 heterocycles. The third-order valence-electron chi connectivity index (χ3n) is 2.86. The van der Waals surface area contributed by atoms with Crippen molar-refractivity contribution in [2.45, 2.75) is 37.9 Å². The van der Waals surface area contributed by atoms with Crippen molar-refractivity contribution in [3.05, 3.63) is 12.2 Å². The maximum absolute atomic E-state index is 12.5. The summed E-state index contributed by atoms with van der Waals surface area (Å²) < 4.78 is 37.5. The van der Waals surface area contributed by atoms with E-state index >= 15 is 0 Å². The molecule has 0 bridgehead atoms. The van der Waals surface area contributed by atoms with Crippen LogP contribution in [0.15, 0.2) is 12.2 Å². The van der Waals surface area contributed by atoms with E-state index in [2.05, 4.69) is 5.32 Å². The molecule has 0 aromatic carbocycles. The van der Waals surface area contributed by atoms with E-state index in [9.17, 15) is 22.8 Å². The van der Waals surface area contributed by atoms with Crippen LogP contribution >= 0.6 is 0 Å². The van der Waals surface area contributed by atoms with Crippen LogP contribution < -0.4 is 5.32 Å². The number of amides is 1. The zero-order chi connectivity index (χ0) is 13.8. The summed E-state index contributed by atoms with van der Waals surface area (Å²) >= 11 is 0. The molecular weight excluding hydrogens is 251 g/mol. The summed E-state index contributed by atoms with van der Waals surface area (Å²) in [5.74, 6) is -3.34. The lowest BCUT2D eigenvalue weighted by Gasteiger charge is -2.30. The summed E-state index contributed by atoms with van der Waals surface area (Å²) in [6, 6.07) is -0.545. The number of carboxylic acid groups (broad SMARTS) is 1. The van der Waals surface area contributed by atoms with Crippen molar-refractivity contribution in [2.24, 2.45) is 5.92 Å². The highest BCUT2D eigenvalue weighted by Crippen LogP contribution is 2.37. The lowest BCUT2D eigenvalue weighted by Crippen LogP contribution is -2.41. The number of alkyl halides is 3. The molecule has 2 atom stereocenters. The molecule has 0 radical (unpaired) electrons. The summed E-state index contributed by atoms with van der Waals surface area (Å²) in [4.78, 5) is 21.4. The van der Waals surface area contributed by atoms with Gasteiger partial charge in [-0.05, 0) is 19.3 Å². The molecule has 0 spiro atoms. The maximum Gasteiger partial charge on any atom is 0.391 e. The normalized spacial score (nSPS) is 25.1. The van der Waals surface area contributed by atoms with Gasteiger partial charge in [0, 0.05) is 18.2 Å². The molecule has 102 valence electrons. The average Bonchev–Trinajstić information content (AvgIpc) is 2.25. The second kappa shape index (κ2) is 5.88. The number of rotatable bonds is 3. The maximum atomic E-state index is 12.5. The molecule has 2 N–H and O–H groups in total. The van der Waals surface area contributed by atoms with Crippen LogP contribution in [0.5, 0.6) is 0 Å². The van der Waals surface area contributed by atoms with Gasteiger partial charge in [0.2, 0.25) is 5.91 Å². The van der Waals surface area contributed by atoms with E-state index in [1.807, 2.05) is 0 Å². The first-order valence-electron chi connectivity index (χ1n) is 5.57. The molecule has 1 aliphatic rings. The van der Waals surface area contributed by atoms with Gasteiger partial charge in [0.1, 0.15) is 0 Å². The average molecular weight is 265 g/mol. The number of carbonyl (C=O) groups excluding carboxylic acids is 1. The Morgan fingerprint density at radius 2 is 1.89 bits per heavy atom. The number of aliphatic carboxylic acids is 1. The molecule has 7 heteroatoms. The third-order valence-corrected chi connectivity index (χ3v) is 2.86. The Kier molecular flexibility index (Phi) is 4.75. The first-order chi connectivity index (χ1) is 8.29. The smallest absolute Gasteiger partial charge is 0.391 e. The van der Waals surface area contributed by atoms with Crippen molar-refractivity contribution in [2.75, 3.05) is 0 Å². The van der Waals surface area contributed by atoms with Crippen molar-refractivity contribution >= 4 is 11.9 Å². The van der Waals surface area contributed by atoms with Gasteiger partial charge < -0.3 is 10.4 Å². The van der Waals surface area contributed by atoms with Gasteiger partial charge in [-0.25, -0.2) is 4.79 Å². The standard InChI is InChI=1S/C11H14F3NO3/c12-11(13,14)7-2-1-3-8(6-7)15-9(16)4-5-10(17)18/h4-5,7-8H,1-3,6H2,(H,15,16)(H,17,18)/b5-4-/t7-,8+/m0/s1. The molecule has 4 nitrogen and oxygen atoms in total. The first kappa shape index (κ1) is 14.5. The van der Waals surface area contributed by atoms with E-state index in [0.29, 0.717) is 18.9 Å². The van der Waals surface area contributed by atoms with Gasteiger partial charge in [-0.2, -0.15) is 13.2 Å². The zero-order valence-corrected chi connectivity index (χ0v) is 9.54. The van der Waals surface area contributed by atoms with Crippen LogP contribution in [0.4, 0.5) is 13.2 Å². The SMILES string of the molecule is O=C(O)/C=C\C(=O)N[C@@H]1CCC[C@H](C(F)(F)F)C1. The molecule has 0 aromatic rings. The van der Waals surface area contributed by atoms with Crippen molar-refractivity contribution < 1.29 is 27.9 Å². The molecule has 0 unspecified atom stereocenters. The van der Waals surface area contributed by atoms with Crippen LogP contribution in [0.2, 0.25) is 0 Å². The summed E-state index contributed by atoms with van der Waals surface area (Å²) in [7, 11) is 0. The van der Waals surface area contributed by atoms with Crippen LogP contribution in [0, 0.1) is 5.92 Å². The molecule has 1 saturated carbocycles. The molecule has 0 aromatic heterocycles. The summed E-state index contributed by atoms with van der Waals surface area (Å²) in [6.45, 7) is 0. The minimum atomic E-state index is -4.24. The van der Waals surface area contributed by atoms with Crippen LogP contribution in [0.25, 0.3) is 0 Å². The van der Waals surface area contributed by atoms with E-state index in [4.69, 9.17) is 5.11 Å². The second-order valence-electron chi connectivity index (χ2n) is 4.28. The first-order valence-corrected chi connectivity index (χ1v) is 5.57. The fourth-order valence-corrected chi connectivity index (χ4v) is 2.01. The Labute approximate surface area is 102 Å². The number of hydrogen-bond donors (Lipinski definition) is 2. The highest BCUT2D eigenvalue weighted by atomic mass is 19.4. The third kappa shape index (κ3) is 4.77. The van der Waals surface area contributed by atoms with Crippen LogP contribution in [0.3, 0.4) is 0 Å². The number of carbonyl (C=O) groups is 2. The van der Waals surface area contributed by atoms with E-state index in [1.165, 1.54) is 0 Å². The van der Waals surface area contributed by atoms with Gasteiger partial charge in [-0.3, -0.25) is 4.79 Å². The quantitative estimate of drug-likeness (QED) is 0.765. The Bertz CT molecular complexity index is 352. The minimum absolute atomic E-state index is 0.0842. The van der Waals surface area contributed by atoms with E-state index in [1.54, 1.807) is 0 Å². The van der Waals surface area contributed by atoms with Crippen LogP contribution in [0.1, 0.15) is 25.7 Å². The summed E-state index contributed by atoms with van der Waals surface area (Å²) in [5, 5.41) is 10.7. The Balaban J connectivity index is 2.48. The summed E-state index contributed by atoms with van der Waals surface area (Å²) in [6.07, 6.45) is -1.95. The molecule has 1 aliphatic carbocycles. The van der Waals surface area contributed by atoms with E-state index in [0.717, 1.165) is 6.08 Å². The Morgan fingerprint density at radius 1 is 1.22 bits per heavy atom. The number of hydrogen-bond acceptors (Lipinski definition) is 2. The Hall–Kier alpha value is -1.53. The molecule has 1 rings (SSSR count). The van der Waals surface area contributed by atoms with Crippen LogP contribution in [-0.2, 0) is 9.59 Å². The Morgan fingerprint density at radius 3 is 2.44 bits per heavy atom. The van der Waals surface area contributed by atoms with Crippen LogP contribution in [-0.4, -0.2) is 29.2 Å². The molecule has 0 saturated heterocycles. The monoisotopic (exact) mass is 265 g/mol. The van der Waals surface area contributed by atoms with E-state index in [-0.39, 0.29) is 12.8 Å². The van der Waals surface area contributed by atoms with Gasteiger partial charge in [0.15, 0.2) is 0 Å². The predicted octanol–water partition coefficient (Wildman–Crippen LogP) is 1.86. The van der Waals surface area contributed by atoms with Gasteiger partial charge in [0.05, 0.1) is 5.92 Å². The van der Waals surface area contributed by atoms with Crippen molar-refractivity contribution in [1.82, 2.24) is 5.32 Å². The molecule has 1 fully saturated rings. The molecule has 0 aliphatic heterocycles. The number of carboxylic acids is 1. The van der Waals surface area contributed by atoms with Crippen molar-refractivity contribution in [1.29, 1.82) is 0 Å². The summed E-state index contributed by atoms with van der Waals surface area (Å²) in [5.41, 5.74) is 0. The lowest BCUT2D eigenvalue weighted by molar-refractivity contribution is -0.184. The van der Waals surface area contributed by atoms with Gasteiger partial charge in [-0.1, -0.05) is 6.42 Å². The van der Waals surface area contributed by atoms with E-state index < -0.39 is 30.0 Å². The number of halogens is 3.